The lowest BCUT2D eigenvalue weighted by atomic mass is 9.79. The lowest BCUT2D eigenvalue weighted by Crippen LogP contribution is -2.40. The standard InChI is InChI=1S/C21H26O7/c1-25-15-9-8-14-13(19(15)23)6-5-7-18(22)21(14,24)12-10-16(26-2)20(28-4)17(11-12)27-3/h8-11,18,22-24H,5-7H2,1-4H3. The van der Waals surface area contributed by atoms with Crippen molar-refractivity contribution in [1.29, 1.82) is 0 Å². The van der Waals surface area contributed by atoms with Crippen LogP contribution >= 0.6 is 0 Å². The first-order chi connectivity index (χ1) is 13.4. The minimum Gasteiger partial charge on any atom is -0.504 e. The second-order valence-corrected chi connectivity index (χ2v) is 6.73. The van der Waals surface area contributed by atoms with Crippen molar-refractivity contribution in [2.75, 3.05) is 28.4 Å². The van der Waals surface area contributed by atoms with Crippen molar-refractivity contribution in [1.82, 2.24) is 0 Å². The molecule has 3 rings (SSSR count). The predicted octanol–water partition coefficient (Wildman–Crippen LogP) is 2.36. The Labute approximate surface area is 164 Å². The number of phenolic OH excluding ortho intramolecular Hbond substituents is 1. The molecule has 2 aromatic carbocycles. The van der Waals surface area contributed by atoms with Crippen molar-refractivity contribution in [3.63, 3.8) is 0 Å². The summed E-state index contributed by atoms with van der Waals surface area (Å²) in [5.41, 5.74) is -0.429. The Morgan fingerprint density at radius 3 is 2.07 bits per heavy atom. The molecule has 0 aliphatic heterocycles. The van der Waals surface area contributed by atoms with Crippen LogP contribution in [0.3, 0.4) is 0 Å². The molecule has 0 spiro atoms. The van der Waals surface area contributed by atoms with Gasteiger partial charge in [0, 0.05) is 5.56 Å². The van der Waals surface area contributed by atoms with Crippen LogP contribution in [0.2, 0.25) is 0 Å². The van der Waals surface area contributed by atoms with Gasteiger partial charge in [-0.2, -0.15) is 0 Å². The summed E-state index contributed by atoms with van der Waals surface area (Å²) < 4.78 is 21.4. The average Bonchev–Trinajstić information content (AvgIpc) is 2.85. The van der Waals surface area contributed by atoms with Crippen LogP contribution in [0.25, 0.3) is 0 Å². The van der Waals surface area contributed by atoms with Gasteiger partial charge in [0.15, 0.2) is 23.0 Å². The van der Waals surface area contributed by atoms with Gasteiger partial charge in [-0.3, -0.25) is 0 Å². The lowest BCUT2D eigenvalue weighted by molar-refractivity contribution is -0.0517. The van der Waals surface area contributed by atoms with E-state index in [2.05, 4.69) is 0 Å². The Morgan fingerprint density at radius 1 is 0.929 bits per heavy atom. The molecule has 2 atom stereocenters. The normalized spacial score (nSPS) is 21.4. The largest absolute Gasteiger partial charge is 0.504 e. The molecular formula is C21H26O7. The van der Waals surface area contributed by atoms with Crippen molar-refractivity contribution in [3.05, 3.63) is 41.0 Å². The van der Waals surface area contributed by atoms with E-state index in [4.69, 9.17) is 18.9 Å². The zero-order chi connectivity index (χ0) is 20.5. The Hall–Kier alpha value is -2.64. The van der Waals surface area contributed by atoms with E-state index in [1.54, 1.807) is 24.3 Å². The fraction of sp³-hybridized carbons (Fsp3) is 0.429. The van der Waals surface area contributed by atoms with Gasteiger partial charge < -0.3 is 34.3 Å². The summed E-state index contributed by atoms with van der Waals surface area (Å²) in [6, 6.07) is 6.47. The zero-order valence-electron chi connectivity index (χ0n) is 16.5. The van der Waals surface area contributed by atoms with Crippen molar-refractivity contribution in [2.24, 2.45) is 0 Å². The van der Waals surface area contributed by atoms with Crippen LogP contribution in [-0.2, 0) is 12.0 Å². The van der Waals surface area contributed by atoms with E-state index in [0.29, 0.717) is 59.0 Å². The molecule has 0 bridgehead atoms. The van der Waals surface area contributed by atoms with Gasteiger partial charge in [-0.05, 0) is 48.6 Å². The van der Waals surface area contributed by atoms with E-state index in [-0.39, 0.29) is 5.75 Å². The van der Waals surface area contributed by atoms with Crippen molar-refractivity contribution < 1.29 is 34.3 Å². The average molecular weight is 390 g/mol. The molecule has 0 amide bonds. The molecule has 0 aromatic heterocycles. The van der Waals surface area contributed by atoms with Gasteiger partial charge >= 0.3 is 0 Å². The number of ether oxygens (including phenoxy) is 4. The van der Waals surface area contributed by atoms with E-state index >= 15 is 0 Å². The van der Waals surface area contributed by atoms with E-state index in [1.165, 1.54) is 28.4 Å². The highest BCUT2D eigenvalue weighted by Crippen LogP contribution is 2.48. The summed E-state index contributed by atoms with van der Waals surface area (Å²) in [4.78, 5) is 0. The van der Waals surface area contributed by atoms with E-state index in [1.807, 2.05) is 0 Å². The summed E-state index contributed by atoms with van der Waals surface area (Å²) >= 11 is 0. The van der Waals surface area contributed by atoms with Crippen LogP contribution in [0.15, 0.2) is 24.3 Å². The first-order valence-corrected chi connectivity index (χ1v) is 9.02. The number of phenols is 1. The molecule has 1 aliphatic carbocycles. The summed E-state index contributed by atoms with van der Waals surface area (Å²) in [6.07, 6.45) is 0.359. The molecule has 2 unspecified atom stereocenters. The van der Waals surface area contributed by atoms with Crippen LogP contribution in [0.4, 0.5) is 0 Å². The molecule has 0 saturated carbocycles. The Kier molecular flexibility index (Phi) is 5.58. The fourth-order valence-corrected chi connectivity index (χ4v) is 3.90. The third-order valence-electron chi connectivity index (χ3n) is 5.37. The van der Waals surface area contributed by atoms with Gasteiger partial charge in [0.2, 0.25) is 5.75 Å². The number of hydrogen-bond donors (Lipinski definition) is 3. The SMILES string of the molecule is COc1ccc2c(c1O)CCCC(O)C2(O)c1cc(OC)c(OC)c(OC)c1. The molecule has 1 aliphatic rings. The fourth-order valence-electron chi connectivity index (χ4n) is 3.90. The minimum atomic E-state index is -1.78. The van der Waals surface area contributed by atoms with Gasteiger partial charge in [-0.25, -0.2) is 0 Å². The highest BCUT2D eigenvalue weighted by molar-refractivity contribution is 5.60. The van der Waals surface area contributed by atoms with Crippen LogP contribution < -0.4 is 18.9 Å². The van der Waals surface area contributed by atoms with Crippen molar-refractivity contribution >= 4 is 0 Å². The second-order valence-electron chi connectivity index (χ2n) is 6.73. The number of rotatable bonds is 5. The molecule has 3 N–H and O–H groups in total. The topological polar surface area (TPSA) is 97.6 Å². The highest BCUT2D eigenvalue weighted by atomic mass is 16.5. The van der Waals surface area contributed by atoms with E-state index in [0.717, 1.165) is 0 Å². The summed E-state index contributed by atoms with van der Waals surface area (Å²) in [5.74, 6) is 1.41. The molecular weight excluding hydrogens is 364 g/mol. The molecule has 0 fully saturated rings. The summed E-state index contributed by atoms with van der Waals surface area (Å²) in [5, 5.41) is 33.3. The number of benzene rings is 2. The smallest absolute Gasteiger partial charge is 0.203 e. The number of aliphatic hydroxyl groups excluding tert-OH is 1. The maximum Gasteiger partial charge on any atom is 0.203 e. The third kappa shape index (κ3) is 3.00. The van der Waals surface area contributed by atoms with Gasteiger partial charge in [0.1, 0.15) is 5.60 Å². The van der Waals surface area contributed by atoms with Gasteiger partial charge in [0.25, 0.3) is 0 Å². The van der Waals surface area contributed by atoms with Crippen LogP contribution in [0, 0.1) is 0 Å². The lowest BCUT2D eigenvalue weighted by Gasteiger charge is -2.34. The Balaban J connectivity index is 2.30. The monoisotopic (exact) mass is 390 g/mol. The molecule has 152 valence electrons. The third-order valence-corrected chi connectivity index (χ3v) is 5.37. The maximum absolute atomic E-state index is 11.8. The van der Waals surface area contributed by atoms with Crippen molar-refractivity contribution in [2.45, 2.75) is 31.0 Å². The number of fused-ring (bicyclic) bond motifs is 1. The molecule has 0 saturated heterocycles. The van der Waals surface area contributed by atoms with Crippen LogP contribution in [0.5, 0.6) is 28.7 Å². The van der Waals surface area contributed by atoms with Gasteiger partial charge in [-0.15, -0.1) is 0 Å². The molecule has 7 nitrogen and oxygen atoms in total. The molecule has 0 radical (unpaired) electrons. The first kappa shape index (κ1) is 20.1. The summed E-state index contributed by atoms with van der Waals surface area (Å²) in [7, 11) is 5.94. The van der Waals surface area contributed by atoms with E-state index < -0.39 is 11.7 Å². The van der Waals surface area contributed by atoms with Crippen LogP contribution in [0.1, 0.15) is 29.5 Å². The van der Waals surface area contributed by atoms with E-state index in [9.17, 15) is 15.3 Å². The Morgan fingerprint density at radius 2 is 1.54 bits per heavy atom. The Bertz CT molecular complexity index is 839. The quantitative estimate of drug-likeness (QED) is 0.674. The zero-order valence-corrected chi connectivity index (χ0v) is 16.5. The highest BCUT2D eigenvalue weighted by Gasteiger charge is 2.44. The maximum atomic E-state index is 11.8. The molecule has 7 heteroatoms. The number of hydrogen-bond acceptors (Lipinski definition) is 7. The number of aliphatic hydroxyl groups is 2. The molecule has 0 heterocycles. The van der Waals surface area contributed by atoms with Crippen molar-refractivity contribution in [3.8, 4) is 28.7 Å². The summed E-state index contributed by atoms with van der Waals surface area (Å²) in [6.45, 7) is 0. The van der Waals surface area contributed by atoms with Crippen LogP contribution in [-0.4, -0.2) is 49.9 Å². The van der Waals surface area contributed by atoms with Gasteiger partial charge in [0.05, 0.1) is 34.5 Å². The number of aromatic hydroxyl groups is 1. The molecule has 2 aromatic rings. The predicted molar refractivity (Wildman–Crippen MR) is 103 cm³/mol. The first-order valence-electron chi connectivity index (χ1n) is 9.02. The minimum absolute atomic E-state index is 0.0278. The van der Waals surface area contributed by atoms with Gasteiger partial charge in [-0.1, -0.05) is 6.07 Å². The molecule has 28 heavy (non-hydrogen) atoms. The second kappa shape index (κ2) is 7.77. The number of methoxy groups -OCH3 is 4.